The third-order valence-corrected chi connectivity index (χ3v) is 13.4. The number of carbonyl (C=O) groups excluding carboxylic acids is 4. The van der Waals surface area contributed by atoms with Crippen molar-refractivity contribution in [2.24, 2.45) is 5.92 Å². The maximum atomic E-state index is 14.8. The molecule has 304 valence electrons. The van der Waals surface area contributed by atoms with Gasteiger partial charge in [-0.15, -0.1) is 0 Å². The number of allylic oxidation sites excluding steroid dienone is 1. The molecule has 0 spiro atoms. The van der Waals surface area contributed by atoms with Crippen molar-refractivity contribution < 1.29 is 23.9 Å². The molecule has 8 rings (SSSR count). The van der Waals surface area contributed by atoms with Crippen molar-refractivity contribution in [2.75, 3.05) is 13.1 Å². The Morgan fingerprint density at radius 2 is 1.69 bits per heavy atom. The van der Waals surface area contributed by atoms with Crippen molar-refractivity contribution in [3.8, 4) is 22.3 Å². The van der Waals surface area contributed by atoms with E-state index in [-0.39, 0.29) is 36.5 Å². The van der Waals surface area contributed by atoms with E-state index < -0.39 is 41.6 Å². The monoisotopic (exact) mass is 822 g/mol. The predicted molar refractivity (Wildman–Crippen MR) is 224 cm³/mol. The van der Waals surface area contributed by atoms with E-state index in [2.05, 4.69) is 27.1 Å². The number of nitrogens with one attached hydrogen (secondary N) is 3. The Balaban J connectivity index is 1.11. The lowest BCUT2D eigenvalue weighted by atomic mass is 10.0. The van der Waals surface area contributed by atoms with E-state index in [0.717, 1.165) is 61.6 Å². The third kappa shape index (κ3) is 8.68. The summed E-state index contributed by atoms with van der Waals surface area (Å²) in [6, 6.07) is 11.1. The summed E-state index contributed by atoms with van der Waals surface area (Å²) >= 11 is 3.02. The van der Waals surface area contributed by atoms with Crippen LogP contribution in [0.1, 0.15) is 82.2 Å². The standard InChI is InChI=1S/C44H50N6O6S2/c51-39-37-23-33(50-41(53)38(31-19-22-58-28-31)35(25-46-50)30-18-21-57-27-30)26-49(37)40(52)36(47-43(55)56-34-14-9-10-15-34)16-8-3-1-2-7-13-32-24-44(32,48-39)42(54)45-20-17-29-11-5-4-6-12-29/h4-7,11-13,18-19,21-22,25,27-28,32-34,36-37H,1-3,8-10,14-17,20,23-24,26H2,(H,45,54)(H,47,55)(H,48,51)/t32?,33-,36+,37+,44-/m1/s1. The minimum Gasteiger partial charge on any atom is -0.446 e. The van der Waals surface area contributed by atoms with Crippen LogP contribution in [0.3, 0.4) is 0 Å². The van der Waals surface area contributed by atoms with Crippen molar-refractivity contribution in [3.05, 3.63) is 98.3 Å². The van der Waals surface area contributed by atoms with E-state index in [4.69, 9.17) is 4.74 Å². The Bertz CT molecular complexity index is 2170. The van der Waals surface area contributed by atoms with Crippen LogP contribution in [0.15, 0.2) is 87.1 Å². The molecule has 3 N–H and O–H groups in total. The summed E-state index contributed by atoms with van der Waals surface area (Å²) in [5.74, 6) is -1.37. The molecule has 2 aliphatic heterocycles. The molecule has 0 bridgehead atoms. The Labute approximate surface area is 346 Å². The molecule has 5 heterocycles. The number of hydrogen-bond acceptors (Lipinski definition) is 9. The highest BCUT2D eigenvalue weighted by Crippen LogP contribution is 2.46. The predicted octanol–water partition coefficient (Wildman–Crippen LogP) is 6.63. The zero-order valence-electron chi connectivity index (χ0n) is 32.5. The van der Waals surface area contributed by atoms with Crippen LogP contribution in [0.4, 0.5) is 4.79 Å². The van der Waals surface area contributed by atoms with Gasteiger partial charge in [0.15, 0.2) is 0 Å². The number of ether oxygens (including phenoxy) is 1. The van der Waals surface area contributed by atoms with Gasteiger partial charge in [0.25, 0.3) is 5.56 Å². The number of nitrogens with zero attached hydrogens (tertiary/aromatic N) is 3. The van der Waals surface area contributed by atoms with E-state index in [0.29, 0.717) is 43.4 Å². The average molecular weight is 823 g/mol. The Hall–Kier alpha value is -5.08. The molecule has 12 nitrogen and oxygen atoms in total. The summed E-state index contributed by atoms with van der Waals surface area (Å²) in [4.78, 5) is 72.7. The maximum Gasteiger partial charge on any atom is 0.408 e. The largest absolute Gasteiger partial charge is 0.446 e. The molecular weight excluding hydrogens is 773 g/mol. The van der Waals surface area contributed by atoms with Gasteiger partial charge in [-0.2, -0.15) is 27.8 Å². The molecule has 5 atom stereocenters. The second-order valence-corrected chi connectivity index (χ2v) is 17.5. The number of thiophene rings is 2. The topological polar surface area (TPSA) is 152 Å². The summed E-state index contributed by atoms with van der Waals surface area (Å²) in [7, 11) is 0. The molecule has 1 aromatic carbocycles. The summed E-state index contributed by atoms with van der Waals surface area (Å²) < 4.78 is 7.13. The molecule has 2 aliphatic carbocycles. The van der Waals surface area contributed by atoms with Crippen LogP contribution in [0.5, 0.6) is 0 Å². The minimum atomic E-state index is -1.18. The molecule has 4 amide bonds. The normalized spacial score (nSPS) is 25.2. The van der Waals surface area contributed by atoms with Crippen molar-refractivity contribution in [1.29, 1.82) is 0 Å². The first-order valence-electron chi connectivity index (χ1n) is 20.6. The van der Waals surface area contributed by atoms with Crippen molar-refractivity contribution >= 4 is 46.5 Å². The van der Waals surface area contributed by atoms with Crippen molar-refractivity contribution in [1.82, 2.24) is 30.6 Å². The summed E-state index contributed by atoms with van der Waals surface area (Å²) in [6.07, 6.45) is 13.2. The van der Waals surface area contributed by atoms with Crippen LogP contribution in [0.25, 0.3) is 22.3 Å². The van der Waals surface area contributed by atoms with Gasteiger partial charge in [0.2, 0.25) is 17.7 Å². The first-order chi connectivity index (χ1) is 28.3. The maximum absolute atomic E-state index is 14.8. The fourth-order valence-electron chi connectivity index (χ4n) is 8.78. The van der Waals surface area contributed by atoms with Crippen LogP contribution in [-0.4, -0.2) is 75.3 Å². The van der Waals surface area contributed by atoms with Gasteiger partial charge in [-0.05, 0) is 108 Å². The summed E-state index contributed by atoms with van der Waals surface area (Å²) in [5, 5.41) is 21.5. The highest BCUT2D eigenvalue weighted by molar-refractivity contribution is 7.08. The second-order valence-electron chi connectivity index (χ2n) is 15.9. The van der Waals surface area contributed by atoms with Crippen LogP contribution >= 0.6 is 22.7 Å². The van der Waals surface area contributed by atoms with Gasteiger partial charge in [0.1, 0.15) is 23.7 Å². The van der Waals surface area contributed by atoms with Crippen molar-refractivity contribution in [2.45, 2.75) is 107 Å². The Morgan fingerprint density at radius 1 is 0.931 bits per heavy atom. The van der Waals surface area contributed by atoms with Gasteiger partial charge in [0, 0.05) is 31.0 Å². The van der Waals surface area contributed by atoms with E-state index in [1.807, 2.05) is 70.1 Å². The number of benzene rings is 1. The fraction of sp³-hybridized carbons (Fsp3) is 0.455. The van der Waals surface area contributed by atoms with Gasteiger partial charge in [-0.3, -0.25) is 19.2 Å². The molecule has 4 aromatic rings. The quantitative estimate of drug-likeness (QED) is 0.160. The Kier molecular flexibility index (Phi) is 12.2. The highest BCUT2D eigenvalue weighted by Gasteiger charge is 2.61. The number of carbonyl (C=O) groups is 4. The third-order valence-electron chi connectivity index (χ3n) is 12.1. The zero-order valence-corrected chi connectivity index (χ0v) is 34.1. The van der Waals surface area contributed by atoms with E-state index in [1.165, 1.54) is 32.3 Å². The fourth-order valence-corrected chi connectivity index (χ4v) is 10.1. The number of amides is 4. The molecular formula is C44H50N6O6S2. The van der Waals surface area contributed by atoms with Crippen LogP contribution in [0, 0.1) is 5.92 Å². The number of aromatic nitrogens is 2. The Morgan fingerprint density at radius 3 is 2.45 bits per heavy atom. The van der Waals surface area contributed by atoms with Gasteiger partial charge in [-0.1, -0.05) is 55.3 Å². The smallest absolute Gasteiger partial charge is 0.408 e. The molecule has 3 aromatic heterocycles. The lowest BCUT2D eigenvalue weighted by molar-refractivity contribution is -0.141. The first kappa shape index (κ1) is 39.7. The second kappa shape index (κ2) is 17.8. The molecule has 1 unspecified atom stereocenters. The highest BCUT2D eigenvalue weighted by atomic mass is 32.1. The molecule has 2 saturated carbocycles. The zero-order chi connectivity index (χ0) is 40.1. The van der Waals surface area contributed by atoms with Crippen LogP contribution in [-0.2, 0) is 25.5 Å². The molecule has 0 radical (unpaired) electrons. The van der Waals surface area contributed by atoms with Crippen LogP contribution in [0.2, 0.25) is 0 Å². The van der Waals surface area contributed by atoms with Crippen LogP contribution < -0.4 is 21.5 Å². The SMILES string of the molecule is O=C(N[C@H]1CCCCCC=CC2C[C@@]2(C(=O)NCCc2ccccc2)NC(=O)[C@@H]2C[C@@H](n3ncc(-c4ccsc4)c(-c4ccsc4)c3=O)CN2C1=O)OC1CCCC1. The summed E-state index contributed by atoms with van der Waals surface area (Å²) in [6.45, 7) is 0.417. The molecule has 1 saturated heterocycles. The first-order valence-corrected chi connectivity index (χ1v) is 22.4. The lowest BCUT2D eigenvalue weighted by Crippen LogP contribution is -2.58. The molecule has 3 fully saturated rings. The van der Waals surface area contributed by atoms with Crippen molar-refractivity contribution in [3.63, 3.8) is 0 Å². The lowest BCUT2D eigenvalue weighted by Gasteiger charge is -2.30. The van der Waals surface area contributed by atoms with E-state index in [9.17, 15) is 24.0 Å². The number of hydrogen-bond donors (Lipinski definition) is 3. The van der Waals surface area contributed by atoms with Gasteiger partial charge in [-0.25, -0.2) is 9.48 Å². The van der Waals surface area contributed by atoms with Gasteiger partial charge >= 0.3 is 6.09 Å². The minimum absolute atomic E-state index is 0.0140. The summed E-state index contributed by atoms with van der Waals surface area (Å²) in [5.41, 5.74) is 2.46. The van der Waals surface area contributed by atoms with Gasteiger partial charge < -0.3 is 25.6 Å². The number of rotatable bonds is 9. The van der Waals surface area contributed by atoms with Gasteiger partial charge in [0.05, 0.1) is 17.8 Å². The number of alkyl carbamates (subject to hydrolysis) is 1. The molecule has 4 aliphatic rings. The number of fused-ring (bicyclic) bond motifs is 2. The molecule has 14 heteroatoms. The van der Waals surface area contributed by atoms with E-state index in [1.54, 1.807) is 6.20 Å². The van der Waals surface area contributed by atoms with E-state index >= 15 is 0 Å². The molecule has 58 heavy (non-hydrogen) atoms. The average Bonchev–Trinajstić information content (AvgIpc) is 3.92.